The first-order valence-electron chi connectivity index (χ1n) is 11.8. The fourth-order valence-electron chi connectivity index (χ4n) is 7.25. The van der Waals surface area contributed by atoms with E-state index >= 15 is 0 Å². The van der Waals surface area contributed by atoms with Crippen molar-refractivity contribution in [1.82, 2.24) is 15.3 Å². The number of phenolic OH excluding ortho intramolecular Hbond substituents is 1. The first kappa shape index (κ1) is 22.5. The summed E-state index contributed by atoms with van der Waals surface area (Å²) in [5.74, 6) is 1.03. The largest absolute Gasteiger partial charge is 0.508 e. The number of benzene rings is 1. The fourth-order valence-corrected chi connectivity index (χ4v) is 7.44. The third-order valence-electron chi connectivity index (χ3n) is 8.19. The van der Waals surface area contributed by atoms with Crippen LogP contribution in [-0.2, 0) is 16.1 Å². The summed E-state index contributed by atoms with van der Waals surface area (Å²) in [5.41, 5.74) is 1.68. The second-order valence-corrected chi connectivity index (χ2v) is 10.9. The molecule has 5 fully saturated rings. The van der Waals surface area contributed by atoms with Crippen molar-refractivity contribution in [1.29, 1.82) is 0 Å². The van der Waals surface area contributed by atoms with E-state index in [0.29, 0.717) is 41.2 Å². The van der Waals surface area contributed by atoms with Crippen molar-refractivity contribution in [3.05, 3.63) is 28.8 Å². The third kappa shape index (κ3) is 3.97. The summed E-state index contributed by atoms with van der Waals surface area (Å²) in [5, 5.41) is 19.6. The maximum atomic E-state index is 13.8. The Hall–Kier alpha value is -2.32. The summed E-state index contributed by atoms with van der Waals surface area (Å²) in [7, 11) is 0. The number of hydroxylamine groups is 1. The molecule has 9 heteroatoms. The van der Waals surface area contributed by atoms with Crippen LogP contribution in [0.2, 0.25) is 5.02 Å². The number of halogens is 1. The number of phenols is 1. The molecule has 5 aliphatic rings. The molecule has 178 valence electrons. The number of amides is 4. The van der Waals surface area contributed by atoms with E-state index in [1.54, 1.807) is 22.5 Å². The number of hydrogen-bond acceptors (Lipinski definition) is 5. The molecule has 1 aliphatic heterocycles. The van der Waals surface area contributed by atoms with Crippen molar-refractivity contribution in [2.24, 2.45) is 17.8 Å². The number of carbonyl (C=O) groups excluding carboxylic acids is 3. The van der Waals surface area contributed by atoms with E-state index in [0.717, 1.165) is 19.3 Å². The lowest BCUT2D eigenvalue weighted by Crippen LogP contribution is -2.62. The van der Waals surface area contributed by atoms with Gasteiger partial charge in [-0.3, -0.25) is 19.7 Å². The first-order chi connectivity index (χ1) is 15.8. The van der Waals surface area contributed by atoms with E-state index in [1.165, 1.54) is 30.2 Å². The van der Waals surface area contributed by atoms with Crippen molar-refractivity contribution in [2.45, 2.75) is 75.9 Å². The van der Waals surface area contributed by atoms with E-state index in [4.69, 9.17) is 16.8 Å². The van der Waals surface area contributed by atoms with Gasteiger partial charge in [0.05, 0.1) is 12.1 Å². The number of urea groups is 1. The molecule has 1 aromatic rings. The highest BCUT2D eigenvalue weighted by Gasteiger charge is 2.60. The molecular formula is C24H30ClN3O5. The summed E-state index contributed by atoms with van der Waals surface area (Å²) in [6.45, 7) is 0.0662. The van der Waals surface area contributed by atoms with Crippen LogP contribution in [0.5, 0.6) is 5.75 Å². The first-order valence-corrected chi connectivity index (χ1v) is 12.2. The topological polar surface area (TPSA) is 110 Å². The molecular weight excluding hydrogens is 446 g/mol. The fraction of sp³-hybridized carbons (Fsp3) is 0.625. The molecule has 1 saturated heterocycles. The van der Waals surface area contributed by atoms with Crippen molar-refractivity contribution in [2.75, 3.05) is 0 Å². The Kier molecular flexibility index (Phi) is 5.77. The zero-order valence-electron chi connectivity index (χ0n) is 18.5. The number of hydrogen-bond donors (Lipinski definition) is 3. The maximum absolute atomic E-state index is 13.8. The predicted octanol–water partition coefficient (Wildman–Crippen LogP) is 3.82. The molecule has 4 aliphatic carbocycles. The van der Waals surface area contributed by atoms with Gasteiger partial charge in [0.1, 0.15) is 11.8 Å². The van der Waals surface area contributed by atoms with Crippen LogP contribution in [0.25, 0.3) is 0 Å². The van der Waals surface area contributed by atoms with Crippen LogP contribution in [0.4, 0.5) is 4.79 Å². The number of carbonyl (C=O) groups is 3. The van der Waals surface area contributed by atoms with E-state index in [2.05, 4.69) is 0 Å². The zero-order chi connectivity index (χ0) is 23.3. The van der Waals surface area contributed by atoms with E-state index in [-0.39, 0.29) is 30.7 Å². The van der Waals surface area contributed by atoms with Crippen LogP contribution in [0.1, 0.15) is 63.4 Å². The van der Waals surface area contributed by atoms with E-state index in [1.807, 2.05) is 0 Å². The minimum absolute atomic E-state index is 0.0197. The van der Waals surface area contributed by atoms with Crippen LogP contribution >= 0.6 is 11.6 Å². The van der Waals surface area contributed by atoms with Crippen LogP contribution in [0, 0.1) is 17.8 Å². The summed E-state index contributed by atoms with van der Waals surface area (Å²) in [4.78, 5) is 42.1. The predicted molar refractivity (Wildman–Crippen MR) is 119 cm³/mol. The van der Waals surface area contributed by atoms with Gasteiger partial charge in [0.15, 0.2) is 0 Å². The van der Waals surface area contributed by atoms with Crippen LogP contribution < -0.4 is 5.48 Å². The lowest BCUT2D eigenvalue weighted by molar-refractivity contribution is -0.141. The molecule has 33 heavy (non-hydrogen) atoms. The Labute approximate surface area is 197 Å². The summed E-state index contributed by atoms with van der Waals surface area (Å²) >= 11 is 6.12. The highest BCUT2D eigenvalue weighted by molar-refractivity contribution is 6.30. The average Bonchev–Trinajstić information content (AvgIpc) is 2.99. The van der Waals surface area contributed by atoms with Gasteiger partial charge in [0.25, 0.3) is 5.91 Å². The SMILES string of the molecule is O=C(CCCC1C(=O)N(C23CC4CC(CC(C4)C2)C3)C(=O)N1Cc1cc(Cl)ccc1O)NO. The van der Waals surface area contributed by atoms with Gasteiger partial charge >= 0.3 is 6.03 Å². The van der Waals surface area contributed by atoms with Gasteiger partial charge in [-0.25, -0.2) is 10.3 Å². The van der Waals surface area contributed by atoms with Gasteiger partial charge in [-0.05, 0) is 87.3 Å². The van der Waals surface area contributed by atoms with Gasteiger partial charge in [-0.2, -0.15) is 0 Å². The van der Waals surface area contributed by atoms with Crippen LogP contribution in [-0.4, -0.2) is 49.5 Å². The molecule has 8 nitrogen and oxygen atoms in total. The lowest BCUT2D eigenvalue weighted by atomic mass is 9.52. The standard InChI is InChI=1S/C24H30ClN3O5/c25-18-4-5-20(29)17(9-18)13-27-19(2-1-3-21(30)26-33)22(31)28(23(27)32)24-10-14-6-15(11-24)8-16(7-14)12-24/h4-5,9,14-16,19,29,33H,1-3,6-8,10-13H2,(H,26,30). The second kappa shape index (κ2) is 8.47. The Morgan fingerprint density at radius 3 is 2.36 bits per heavy atom. The second-order valence-electron chi connectivity index (χ2n) is 10.4. The Morgan fingerprint density at radius 2 is 1.76 bits per heavy atom. The summed E-state index contributed by atoms with van der Waals surface area (Å²) in [6, 6.07) is 3.65. The number of imide groups is 1. The monoisotopic (exact) mass is 475 g/mol. The highest BCUT2D eigenvalue weighted by Crippen LogP contribution is 2.58. The zero-order valence-corrected chi connectivity index (χ0v) is 19.3. The molecule has 1 aromatic carbocycles. The minimum Gasteiger partial charge on any atom is -0.508 e. The normalized spacial score (nSPS) is 32.7. The molecule has 0 spiro atoms. The molecule has 1 unspecified atom stereocenters. The molecule has 4 bridgehead atoms. The van der Waals surface area contributed by atoms with Gasteiger partial charge in [-0.15, -0.1) is 0 Å². The summed E-state index contributed by atoms with van der Waals surface area (Å²) < 4.78 is 0. The van der Waals surface area contributed by atoms with Gasteiger partial charge in [-0.1, -0.05) is 11.6 Å². The van der Waals surface area contributed by atoms with Crippen molar-refractivity contribution >= 4 is 29.4 Å². The van der Waals surface area contributed by atoms with Crippen LogP contribution in [0.3, 0.4) is 0 Å². The number of rotatable bonds is 7. The Balaban J connectivity index is 1.43. The van der Waals surface area contributed by atoms with Crippen molar-refractivity contribution < 1.29 is 24.7 Å². The molecule has 6 rings (SSSR count). The quantitative estimate of drug-likeness (QED) is 0.315. The smallest absolute Gasteiger partial charge is 0.328 e. The number of nitrogens with one attached hydrogen (secondary N) is 1. The Bertz CT molecular complexity index is 948. The van der Waals surface area contributed by atoms with Gasteiger partial charge in [0.2, 0.25) is 5.91 Å². The van der Waals surface area contributed by atoms with E-state index < -0.39 is 17.5 Å². The third-order valence-corrected chi connectivity index (χ3v) is 8.42. The van der Waals surface area contributed by atoms with E-state index in [9.17, 15) is 19.5 Å². The molecule has 1 heterocycles. The average molecular weight is 476 g/mol. The highest BCUT2D eigenvalue weighted by atomic mass is 35.5. The lowest BCUT2D eigenvalue weighted by Gasteiger charge is -2.58. The van der Waals surface area contributed by atoms with Gasteiger partial charge < -0.3 is 10.0 Å². The molecule has 3 N–H and O–H groups in total. The van der Waals surface area contributed by atoms with Crippen molar-refractivity contribution in [3.63, 3.8) is 0 Å². The van der Waals surface area contributed by atoms with Crippen molar-refractivity contribution in [3.8, 4) is 5.75 Å². The Morgan fingerprint density at radius 1 is 1.12 bits per heavy atom. The number of aromatic hydroxyl groups is 1. The molecule has 4 saturated carbocycles. The molecule has 0 aromatic heterocycles. The van der Waals surface area contributed by atoms with Gasteiger partial charge in [0, 0.05) is 17.0 Å². The number of nitrogens with zero attached hydrogens (tertiary/aromatic N) is 2. The summed E-state index contributed by atoms with van der Waals surface area (Å²) in [6.07, 6.45) is 6.97. The minimum atomic E-state index is -0.713. The molecule has 4 amide bonds. The van der Waals surface area contributed by atoms with Crippen LogP contribution in [0.15, 0.2) is 18.2 Å². The molecule has 1 atom stereocenters. The maximum Gasteiger partial charge on any atom is 0.328 e. The molecule has 0 radical (unpaired) electrons.